The van der Waals surface area contributed by atoms with E-state index in [4.69, 9.17) is 10.2 Å². The molecule has 1 rings (SSSR count). The Kier molecular flexibility index (Phi) is 4.22. The summed E-state index contributed by atoms with van der Waals surface area (Å²) < 4.78 is 0. The van der Waals surface area contributed by atoms with E-state index >= 15 is 0 Å². The summed E-state index contributed by atoms with van der Waals surface area (Å²) in [4.78, 5) is 10.4. The van der Waals surface area contributed by atoms with E-state index < -0.39 is 5.97 Å². The van der Waals surface area contributed by atoms with Gasteiger partial charge in [-0.15, -0.1) is 0 Å². The minimum Gasteiger partial charge on any atom is -0.481 e. The normalized spacial score (nSPS) is 28.7. The van der Waals surface area contributed by atoms with E-state index in [0.717, 1.165) is 19.3 Å². The molecule has 75 valence electrons. The topological polar surface area (TPSA) is 57.5 Å². The van der Waals surface area contributed by atoms with Gasteiger partial charge in [0.05, 0.1) is 0 Å². The molecule has 0 aromatic carbocycles. The van der Waals surface area contributed by atoms with Gasteiger partial charge in [-0.05, 0) is 43.9 Å². The zero-order chi connectivity index (χ0) is 9.68. The van der Waals surface area contributed by atoms with Crippen LogP contribution in [0, 0.1) is 18.3 Å². The Hall–Kier alpha value is -0.570. The molecule has 3 heteroatoms. The largest absolute Gasteiger partial charge is 0.481 e. The van der Waals surface area contributed by atoms with Gasteiger partial charge in [-0.1, -0.05) is 0 Å². The monoisotopic (exact) mass is 185 g/mol. The molecule has 0 aromatic rings. The van der Waals surface area contributed by atoms with Crippen molar-refractivity contribution < 1.29 is 15.0 Å². The molecule has 0 spiro atoms. The number of carbonyl (C=O) groups is 1. The van der Waals surface area contributed by atoms with Crippen molar-refractivity contribution in [1.29, 1.82) is 0 Å². The maximum Gasteiger partial charge on any atom is 0.303 e. The van der Waals surface area contributed by atoms with E-state index in [1.807, 2.05) is 0 Å². The number of aliphatic hydroxyl groups excluding tert-OH is 1. The SMILES string of the molecule is O=C(O)CCC1CC[CH]CC1CO. The highest BCUT2D eigenvalue weighted by molar-refractivity contribution is 5.66. The average molecular weight is 185 g/mol. The predicted octanol–water partition coefficient (Wildman–Crippen LogP) is 1.46. The fraction of sp³-hybridized carbons (Fsp3) is 0.800. The van der Waals surface area contributed by atoms with Crippen molar-refractivity contribution in [2.24, 2.45) is 11.8 Å². The van der Waals surface area contributed by atoms with Crippen molar-refractivity contribution in [1.82, 2.24) is 0 Å². The van der Waals surface area contributed by atoms with Gasteiger partial charge < -0.3 is 10.2 Å². The summed E-state index contributed by atoms with van der Waals surface area (Å²) >= 11 is 0. The molecule has 0 heterocycles. The summed E-state index contributed by atoms with van der Waals surface area (Å²) in [5.41, 5.74) is 0. The molecule has 0 bridgehead atoms. The number of aliphatic carboxylic acids is 1. The summed E-state index contributed by atoms with van der Waals surface area (Å²) in [5.74, 6) is -0.0227. The maximum atomic E-state index is 10.4. The fourth-order valence-corrected chi connectivity index (χ4v) is 2.00. The van der Waals surface area contributed by atoms with E-state index in [-0.39, 0.29) is 13.0 Å². The first-order valence-corrected chi connectivity index (χ1v) is 4.88. The number of hydrogen-bond acceptors (Lipinski definition) is 2. The van der Waals surface area contributed by atoms with Gasteiger partial charge in [-0.25, -0.2) is 0 Å². The lowest BCUT2D eigenvalue weighted by atomic mass is 9.77. The number of hydrogen-bond donors (Lipinski definition) is 2. The van der Waals surface area contributed by atoms with Crippen LogP contribution in [0.25, 0.3) is 0 Å². The fourth-order valence-electron chi connectivity index (χ4n) is 2.00. The molecule has 1 aliphatic carbocycles. The van der Waals surface area contributed by atoms with E-state index in [9.17, 15) is 4.79 Å². The second kappa shape index (κ2) is 5.22. The molecule has 1 radical (unpaired) electrons. The highest BCUT2D eigenvalue weighted by Gasteiger charge is 2.24. The van der Waals surface area contributed by atoms with Crippen LogP contribution < -0.4 is 0 Å². The number of aliphatic hydroxyl groups is 1. The van der Waals surface area contributed by atoms with Crippen LogP contribution in [-0.4, -0.2) is 22.8 Å². The standard InChI is InChI=1S/C10H17O3/c11-7-9-4-2-1-3-8(9)5-6-10(12)13/h2,8-9,11H,1,3-7H2,(H,12,13). The lowest BCUT2D eigenvalue weighted by Gasteiger charge is -2.29. The Morgan fingerprint density at radius 2 is 2.23 bits per heavy atom. The summed E-state index contributed by atoms with van der Waals surface area (Å²) in [5, 5.41) is 17.6. The van der Waals surface area contributed by atoms with Crippen LogP contribution in [0.1, 0.15) is 32.1 Å². The van der Waals surface area contributed by atoms with Crippen LogP contribution in [0.15, 0.2) is 0 Å². The van der Waals surface area contributed by atoms with Crippen molar-refractivity contribution in [3.8, 4) is 0 Å². The van der Waals surface area contributed by atoms with Crippen molar-refractivity contribution in [2.75, 3.05) is 6.61 Å². The number of carboxylic acid groups (broad SMARTS) is 1. The summed E-state index contributed by atoms with van der Waals surface area (Å²) in [6.45, 7) is 0.195. The summed E-state index contributed by atoms with van der Waals surface area (Å²) in [6.07, 6.45) is 6.20. The molecule has 1 aliphatic rings. The number of rotatable bonds is 4. The van der Waals surface area contributed by atoms with Gasteiger partial charge in [0.1, 0.15) is 0 Å². The Morgan fingerprint density at radius 3 is 2.85 bits per heavy atom. The van der Waals surface area contributed by atoms with Crippen molar-refractivity contribution in [3.63, 3.8) is 0 Å². The lowest BCUT2D eigenvalue weighted by Crippen LogP contribution is -2.23. The first-order valence-electron chi connectivity index (χ1n) is 4.88. The first-order chi connectivity index (χ1) is 6.24. The third-order valence-electron chi connectivity index (χ3n) is 2.84. The third kappa shape index (κ3) is 3.35. The van der Waals surface area contributed by atoms with Crippen molar-refractivity contribution >= 4 is 5.97 Å². The Bertz CT molecular complexity index is 168. The molecule has 0 saturated heterocycles. The van der Waals surface area contributed by atoms with Gasteiger partial charge in [-0.2, -0.15) is 0 Å². The third-order valence-corrected chi connectivity index (χ3v) is 2.84. The minimum absolute atomic E-state index is 0.195. The second-order valence-corrected chi connectivity index (χ2v) is 3.74. The molecule has 0 aromatic heterocycles. The predicted molar refractivity (Wildman–Crippen MR) is 49.1 cm³/mol. The Balaban J connectivity index is 2.31. The van der Waals surface area contributed by atoms with Gasteiger partial charge in [0.2, 0.25) is 0 Å². The molecular weight excluding hydrogens is 168 g/mol. The molecule has 2 atom stereocenters. The molecule has 3 nitrogen and oxygen atoms in total. The molecule has 0 aliphatic heterocycles. The zero-order valence-electron chi connectivity index (χ0n) is 7.78. The summed E-state index contributed by atoms with van der Waals surface area (Å²) in [7, 11) is 0. The van der Waals surface area contributed by atoms with Crippen molar-refractivity contribution in [2.45, 2.75) is 32.1 Å². The molecule has 1 fully saturated rings. The smallest absolute Gasteiger partial charge is 0.303 e. The highest BCUT2D eigenvalue weighted by atomic mass is 16.4. The van der Waals surface area contributed by atoms with Crippen LogP contribution in [0.2, 0.25) is 0 Å². The van der Waals surface area contributed by atoms with E-state index in [1.165, 1.54) is 0 Å². The zero-order valence-corrected chi connectivity index (χ0v) is 7.78. The van der Waals surface area contributed by atoms with Crippen LogP contribution >= 0.6 is 0 Å². The van der Waals surface area contributed by atoms with Crippen LogP contribution in [0.4, 0.5) is 0 Å². The Labute approximate surface area is 78.8 Å². The molecule has 1 saturated carbocycles. The molecule has 2 unspecified atom stereocenters. The van der Waals surface area contributed by atoms with Gasteiger partial charge in [-0.3, -0.25) is 4.79 Å². The lowest BCUT2D eigenvalue weighted by molar-refractivity contribution is -0.137. The minimum atomic E-state index is -0.730. The van der Waals surface area contributed by atoms with Gasteiger partial charge in [0.25, 0.3) is 0 Å². The molecular formula is C10H17O3. The molecule has 0 amide bonds. The van der Waals surface area contributed by atoms with E-state index in [2.05, 4.69) is 6.42 Å². The van der Waals surface area contributed by atoms with E-state index in [0.29, 0.717) is 18.3 Å². The van der Waals surface area contributed by atoms with Gasteiger partial charge in [0.15, 0.2) is 0 Å². The molecule has 13 heavy (non-hydrogen) atoms. The van der Waals surface area contributed by atoms with Crippen LogP contribution in [0.5, 0.6) is 0 Å². The highest BCUT2D eigenvalue weighted by Crippen LogP contribution is 2.32. The maximum absolute atomic E-state index is 10.4. The van der Waals surface area contributed by atoms with Crippen molar-refractivity contribution in [3.05, 3.63) is 6.42 Å². The second-order valence-electron chi connectivity index (χ2n) is 3.74. The molecule has 2 N–H and O–H groups in total. The van der Waals surface area contributed by atoms with Gasteiger partial charge in [0, 0.05) is 13.0 Å². The number of carboxylic acids is 1. The van der Waals surface area contributed by atoms with Gasteiger partial charge >= 0.3 is 5.97 Å². The quantitative estimate of drug-likeness (QED) is 0.697. The summed E-state index contributed by atoms with van der Waals surface area (Å²) in [6, 6.07) is 0. The van der Waals surface area contributed by atoms with E-state index in [1.54, 1.807) is 0 Å². The van der Waals surface area contributed by atoms with Crippen LogP contribution in [0.3, 0.4) is 0 Å². The average Bonchev–Trinajstić information content (AvgIpc) is 2.15. The Morgan fingerprint density at radius 1 is 1.46 bits per heavy atom. The van der Waals surface area contributed by atoms with Crippen LogP contribution in [-0.2, 0) is 4.79 Å². The first kappa shape index (κ1) is 10.5.